The van der Waals surface area contributed by atoms with Crippen LogP contribution in [0.2, 0.25) is 0 Å². The lowest BCUT2D eigenvalue weighted by Gasteiger charge is -2.19. The maximum Gasteiger partial charge on any atom is 0.100 e. The van der Waals surface area contributed by atoms with E-state index in [0.717, 1.165) is 12.8 Å². The number of rotatable bonds is 17. The Morgan fingerprint density at radius 2 is 1.18 bits per heavy atom. The van der Waals surface area contributed by atoms with Crippen molar-refractivity contribution in [2.45, 2.75) is 110 Å². The molecule has 3 heteroatoms. The summed E-state index contributed by atoms with van der Waals surface area (Å²) in [6, 6.07) is 0. The zero-order valence-corrected chi connectivity index (χ0v) is 15.1. The highest BCUT2D eigenvalue weighted by atomic mass is 16.5. The van der Waals surface area contributed by atoms with E-state index in [9.17, 15) is 5.11 Å². The van der Waals surface area contributed by atoms with Crippen LogP contribution >= 0.6 is 0 Å². The van der Waals surface area contributed by atoms with Crippen LogP contribution in [0, 0.1) is 0 Å². The molecule has 0 fully saturated rings. The van der Waals surface area contributed by atoms with Crippen LogP contribution < -0.4 is 0 Å². The molecule has 3 nitrogen and oxygen atoms in total. The second-order valence-electron chi connectivity index (χ2n) is 6.55. The summed E-state index contributed by atoms with van der Waals surface area (Å²) in [4.78, 5) is 0. The van der Waals surface area contributed by atoms with Gasteiger partial charge in [-0.05, 0) is 12.8 Å². The summed E-state index contributed by atoms with van der Waals surface area (Å²) in [6.45, 7) is 4.53. The molecule has 0 bridgehead atoms. The van der Waals surface area contributed by atoms with Gasteiger partial charge in [0.1, 0.15) is 6.10 Å². The van der Waals surface area contributed by atoms with Crippen LogP contribution in [0.5, 0.6) is 0 Å². The molecule has 0 aromatic heterocycles. The molecule has 0 radical (unpaired) electrons. The van der Waals surface area contributed by atoms with E-state index >= 15 is 0 Å². The van der Waals surface area contributed by atoms with E-state index in [4.69, 9.17) is 9.84 Å². The molecule has 0 aliphatic heterocycles. The van der Waals surface area contributed by atoms with Gasteiger partial charge in [0, 0.05) is 0 Å². The van der Waals surface area contributed by atoms with Crippen LogP contribution in [0.25, 0.3) is 0 Å². The summed E-state index contributed by atoms with van der Waals surface area (Å²) in [5, 5.41) is 18.3. The number of hydrogen-bond donors (Lipinski definition) is 2. The molecule has 0 heterocycles. The van der Waals surface area contributed by atoms with E-state index in [0.29, 0.717) is 0 Å². The van der Waals surface area contributed by atoms with Crippen LogP contribution in [-0.2, 0) is 4.74 Å². The fourth-order valence-electron chi connectivity index (χ4n) is 2.74. The Labute approximate surface area is 138 Å². The number of aliphatic hydroxyl groups is 2. The maximum atomic E-state index is 9.42. The van der Waals surface area contributed by atoms with E-state index in [2.05, 4.69) is 13.8 Å². The quantitative estimate of drug-likeness (QED) is 0.378. The van der Waals surface area contributed by atoms with Gasteiger partial charge in [0.2, 0.25) is 0 Å². The summed E-state index contributed by atoms with van der Waals surface area (Å²) >= 11 is 0. The van der Waals surface area contributed by atoms with Crippen LogP contribution in [-0.4, -0.2) is 35.6 Å². The average Bonchev–Trinajstić information content (AvgIpc) is 2.54. The van der Waals surface area contributed by atoms with Gasteiger partial charge in [0.15, 0.2) is 0 Å². The molecule has 0 aliphatic carbocycles. The minimum absolute atomic E-state index is 0.209. The van der Waals surface area contributed by atoms with Gasteiger partial charge >= 0.3 is 0 Å². The van der Waals surface area contributed by atoms with Gasteiger partial charge in [-0.3, -0.25) is 0 Å². The first-order valence-electron chi connectivity index (χ1n) is 9.65. The molecule has 0 aromatic rings. The van der Waals surface area contributed by atoms with Crippen LogP contribution in [0.3, 0.4) is 0 Å². The van der Waals surface area contributed by atoms with Crippen LogP contribution in [0.4, 0.5) is 0 Å². The molecule has 0 amide bonds. The van der Waals surface area contributed by atoms with Crippen molar-refractivity contribution in [1.82, 2.24) is 0 Å². The minimum Gasteiger partial charge on any atom is -0.394 e. The van der Waals surface area contributed by atoms with Gasteiger partial charge in [-0.15, -0.1) is 0 Å². The largest absolute Gasteiger partial charge is 0.394 e. The van der Waals surface area contributed by atoms with E-state index in [1.165, 1.54) is 70.6 Å². The van der Waals surface area contributed by atoms with E-state index < -0.39 is 6.10 Å². The molecule has 0 aromatic carbocycles. The Morgan fingerprint density at radius 3 is 1.73 bits per heavy atom. The highest BCUT2D eigenvalue weighted by molar-refractivity contribution is 4.62. The van der Waals surface area contributed by atoms with Crippen LogP contribution in [0.15, 0.2) is 0 Å². The lowest BCUT2D eigenvalue weighted by molar-refractivity contribution is -0.0350. The Hall–Kier alpha value is -0.120. The second-order valence-corrected chi connectivity index (χ2v) is 6.55. The van der Waals surface area contributed by atoms with Gasteiger partial charge in [-0.2, -0.15) is 0 Å². The average molecular weight is 317 g/mol. The first-order valence-corrected chi connectivity index (χ1v) is 9.65. The molecule has 0 spiro atoms. The normalized spacial score (nSPS) is 14.2. The van der Waals surface area contributed by atoms with Crippen molar-refractivity contribution < 1.29 is 14.9 Å². The fourth-order valence-corrected chi connectivity index (χ4v) is 2.74. The first-order chi connectivity index (χ1) is 10.7. The lowest BCUT2D eigenvalue weighted by Crippen LogP contribution is -2.24. The summed E-state index contributed by atoms with van der Waals surface area (Å²) in [6.07, 6.45) is 16.1. The number of ether oxygens (including phenoxy) is 1. The fraction of sp³-hybridized carbons (Fsp3) is 1.00. The van der Waals surface area contributed by atoms with E-state index in [1.807, 2.05) is 0 Å². The van der Waals surface area contributed by atoms with Crippen molar-refractivity contribution in [3.63, 3.8) is 0 Å². The molecule has 134 valence electrons. The van der Waals surface area contributed by atoms with E-state index in [-0.39, 0.29) is 19.3 Å². The highest BCUT2D eigenvalue weighted by Crippen LogP contribution is 2.16. The monoisotopic (exact) mass is 316 g/mol. The zero-order chi connectivity index (χ0) is 16.5. The third kappa shape index (κ3) is 14.8. The molecule has 0 saturated heterocycles. The maximum absolute atomic E-state index is 9.42. The van der Waals surface area contributed by atoms with Crippen molar-refractivity contribution in [3.8, 4) is 0 Å². The van der Waals surface area contributed by atoms with Crippen molar-refractivity contribution in [3.05, 3.63) is 0 Å². The minimum atomic E-state index is -0.729. The smallest absolute Gasteiger partial charge is 0.100 e. The predicted octanol–water partition coefficient (Wildman–Crippen LogP) is 4.84. The zero-order valence-electron chi connectivity index (χ0n) is 15.1. The molecule has 0 aliphatic rings. The third-order valence-electron chi connectivity index (χ3n) is 4.24. The van der Waals surface area contributed by atoms with Crippen molar-refractivity contribution in [1.29, 1.82) is 0 Å². The molecule has 2 unspecified atom stereocenters. The van der Waals surface area contributed by atoms with Crippen molar-refractivity contribution in [2.75, 3.05) is 13.2 Å². The summed E-state index contributed by atoms with van der Waals surface area (Å²) in [7, 11) is 0. The summed E-state index contributed by atoms with van der Waals surface area (Å²) < 4.78 is 5.79. The van der Waals surface area contributed by atoms with Crippen molar-refractivity contribution >= 4 is 0 Å². The van der Waals surface area contributed by atoms with Gasteiger partial charge in [-0.1, -0.05) is 84.5 Å². The molecular weight excluding hydrogens is 276 g/mol. The molecule has 2 atom stereocenters. The third-order valence-corrected chi connectivity index (χ3v) is 4.24. The summed E-state index contributed by atoms with van der Waals surface area (Å²) in [5.74, 6) is 0. The van der Waals surface area contributed by atoms with Gasteiger partial charge in [0.25, 0.3) is 0 Å². The molecular formula is C19H40O3. The Bertz CT molecular complexity index is 209. The van der Waals surface area contributed by atoms with Crippen LogP contribution in [0.1, 0.15) is 97.3 Å². The Balaban J connectivity index is 3.67. The number of hydrogen-bond acceptors (Lipinski definition) is 3. The SMILES string of the molecule is CCCCCCCCCCC(CCCCC)OCC(O)CO. The Kier molecular flexibility index (Phi) is 17.1. The predicted molar refractivity (Wildman–Crippen MR) is 94.2 cm³/mol. The Morgan fingerprint density at radius 1 is 0.727 bits per heavy atom. The second kappa shape index (κ2) is 17.2. The summed E-state index contributed by atoms with van der Waals surface area (Å²) in [5.41, 5.74) is 0. The van der Waals surface area contributed by atoms with Gasteiger partial charge < -0.3 is 14.9 Å². The molecule has 0 rings (SSSR count). The molecule has 0 saturated carbocycles. The number of aliphatic hydroxyl groups excluding tert-OH is 2. The molecule has 2 N–H and O–H groups in total. The van der Waals surface area contributed by atoms with Gasteiger partial charge in [-0.25, -0.2) is 0 Å². The molecule has 22 heavy (non-hydrogen) atoms. The van der Waals surface area contributed by atoms with Gasteiger partial charge in [0.05, 0.1) is 19.3 Å². The standard InChI is InChI=1S/C19H40O3/c1-3-5-7-8-9-10-11-13-15-19(14-12-6-4-2)22-17-18(21)16-20/h18-21H,3-17H2,1-2H3. The van der Waals surface area contributed by atoms with Crippen molar-refractivity contribution in [2.24, 2.45) is 0 Å². The topological polar surface area (TPSA) is 49.7 Å². The number of unbranched alkanes of at least 4 members (excludes halogenated alkanes) is 9. The lowest BCUT2D eigenvalue weighted by atomic mass is 10.0. The highest BCUT2D eigenvalue weighted by Gasteiger charge is 2.11. The van der Waals surface area contributed by atoms with E-state index in [1.54, 1.807) is 0 Å². The first kappa shape index (κ1) is 21.9.